The van der Waals surface area contributed by atoms with Crippen molar-refractivity contribution in [3.8, 4) is 0 Å². The van der Waals surface area contributed by atoms with E-state index >= 15 is 0 Å². The maximum absolute atomic E-state index is 13.6. The summed E-state index contributed by atoms with van der Waals surface area (Å²) in [6, 6.07) is 19.1. The van der Waals surface area contributed by atoms with Crippen molar-refractivity contribution < 1.29 is 19.2 Å². The van der Waals surface area contributed by atoms with E-state index in [9.17, 15) is 19.2 Å². The molecule has 0 radical (unpaired) electrons. The van der Waals surface area contributed by atoms with Crippen LogP contribution in [0, 0.1) is 5.92 Å². The summed E-state index contributed by atoms with van der Waals surface area (Å²) in [6.07, 6.45) is 4.70. The third kappa shape index (κ3) is 8.85. The first-order valence-electron chi connectivity index (χ1n) is 16.8. The van der Waals surface area contributed by atoms with E-state index in [0.717, 1.165) is 56.4 Å². The number of benzene rings is 2. The lowest BCUT2D eigenvalue weighted by atomic mass is 9.87. The zero-order valence-electron chi connectivity index (χ0n) is 27.5. The van der Waals surface area contributed by atoms with Crippen LogP contribution in [0.1, 0.15) is 77.8 Å². The molecule has 4 N–H and O–H groups in total. The van der Waals surface area contributed by atoms with Crippen molar-refractivity contribution in [3.63, 3.8) is 0 Å². The van der Waals surface area contributed by atoms with Crippen molar-refractivity contribution in [3.05, 3.63) is 88.7 Å². The number of piperazine rings is 1. The van der Waals surface area contributed by atoms with Gasteiger partial charge in [0.2, 0.25) is 17.7 Å². The van der Waals surface area contributed by atoms with Gasteiger partial charge in [-0.05, 0) is 41.5 Å². The summed E-state index contributed by atoms with van der Waals surface area (Å²) in [6.45, 7) is 5.77. The van der Waals surface area contributed by atoms with Crippen molar-refractivity contribution in [1.29, 1.82) is 0 Å². The quantitative estimate of drug-likeness (QED) is 0.262. The van der Waals surface area contributed by atoms with Crippen LogP contribution in [0.15, 0.2) is 60.7 Å². The number of hydrogen-bond acceptors (Lipinski definition) is 6. The molecule has 2 fully saturated rings. The van der Waals surface area contributed by atoms with E-state index in [0.29, 0.717) is 38.2 Å². The van der Waals surface area contributed by atoms with Crippen LogP contribution in [0.4, 0.5) is 0 Å². The van der Waals surface area contributed by atoms with E-state index in [4.69, 9.17) is 5.73 Å². The van der Waals surface area contributed by atoms with E-state index in [-0.39, 0.29) is 29.3 Å². The lowest BCUT2D eigenvalue weighted by Gasteiger charge is -2.36. The summed E-state index contributed by atoms with van der Waals surface area (Å²) >= 11 is 0. The number of nitrogens with one attached hydrogen (secondary N) is 2. The minimum atomic E-state index is -0.649. The molecule has 0 unspecified atom stereocenters. The Balaban J connectivity index is 1.18. The normalized spacial score (nSPS) is 16.9. The number of nitrogens with zero attached hydrogens (tertiary/aromatic N) is 4. The molecular formula is C36H47N7O4. The topological polar surface area (TPSA) is 143 Å². The predicted octanol–water partition coefficient (Wildman–Crippen LogP) is 2.89. The van der Waals surface area contributed by atoms with Gasteiger partial charge in [-0.15, -0.1) is 0 Å². The highest BCUT2D eigenvalue weighted by Crippen LogP contribution is 2.37. The van der Waals surface area contributed by atoms with E-state index in [1.807, 2.05) is 47.4 Å². The molecule has 0 spiro atoms. The summed E-state index contributed by atoms with van der Waals surface area (Å²) in [5.41, 5.74) is 9.45. The van der Waals surface area contributed by atoms with Gasteiger partial charge in [-0.3, -0.25) is 28.8 Å². The number of primary amides is 1. The van der Waals surface area contributed by atoms with Gasteiger partial charge in [0.1, 0.15) is 11.7 Å². The van der Waals surface area contributed by atoms with E-state index in [1.54, 1.807) is 20.0 Å². The first kappa shape index (κ1) is 33.8. The van der Waals surface area contributed by atoms with Crippen molar-refractivity contribution in [2.45, 2.75) is 70.5 Å². The van der Waals surface area contributed by atoms with Gasteiger partial charge in [-0.2, -0.15) is 5.10 Å². The molecule has 250 valence electrons. The van der Waals surface area contributed by atoms with Crippen LogP contribution in [-0.4, -0.2) is 75.4 Å². The van der Waals surface area contributed by atoms with Crippen LogP contribution in [0.5, 0.6) is 0 Å². The molecule has 1 aromatic heterocycles. The van der Waals surface area contributed by atoms with Crippen LogP contribution in [-0.2, 0) is 40.9 Å². The average molecular weight is 642 g/mol. The molecule has 11 nitrogen and oxygen atoms in total. The molecule has 5 rings (SSSR count). The first-order chi connectivity index (χ1) is 22.7. The SMILES string of the molecule is CCC(=O)N[C@H](Cc1ccc(CNC(=O)[C@H](c2cc(C(N)=O)n(C)n2)C2CCCC2)cc1)C(=O)N1CCN(Cc2ccccc2)CC1. The zero-order valence-corrected chi connectivity index (χ0v) is 27.5. The third-order valence-corrected chi connectivity index (χ3v) is 9.44. The second-order valence-electron chi connectivity index (χ2n) is 12.8. The van der Waals surface area contributed by atoms with Gasteiger partial charge in [0.05, 0.1) is 11.6 Å². The molecule has 2 atom stereocenters. The molecule has 2 heterocycles. The Morgan fingerprint density at radius 1 is 0.915 bits per heavy atom. The Labute approximate surface area is 276 Å². The number of nitrogens with two attached hydrogens (primary N) is 1. The van der Waals surface area contributed by atoms with Crippen LogP contribution in [0.25, 0.3) is 0 Å². The number of aryl methyl sites for hydroxylation is 1. The molecule has 1 aliphatic heterocycles. The van der Waals surface area contributed by atoms with Crippen molar-refractivity contribution in [2.75, 3.05) is 26.2 Å². The lowest BCUT2D eigenvalue weighted by Crippen LogP contribution is -2.55. The van der Waals surface area contributed by atoms with E-state index in [2.05, 4.69) is 32.8 Å². The van der Waals surface area contributed by atoms with Gasteiger partial charge >= 0.3 is 0 Å². The minimum Gasteiger partial charge on any atom is -0.364 e. The number of amides is 4. The van der Waals surface area contributed by atoms with Gasteiger partial charge < -0.3 is 21.3 Å². The van der Waals surface area contributed by atoms with Gasteiger partial charge in [-0.1, -0.05) is 74.4 Å². The highest BCUT2D eigenvalue weighted by Gasteiger charge is 2.35. The Morgan fingerprint density at radius 3 is 2.19 bits per heavy atom. The third-order valence-electron chi connectivity index (χ3n) is 9.44. The fraction of sp³-hybridized carbons (Fsp3) is 0.472. The monoisotopic (exact) mass is 641 g/mol. The van der Waals surface area contributed by atoms with Crippen molar-refractivity contribution >= 4 is 23.6 Å². The Bertz CT molecular complexity index is 1520. The summed E-state index contributed by atoms with van der Waals surface area (Å²) in [5.74, 6) is -1.20. The lowest BCUT2D eigenvalue weighted by molar-refractivity contribution is -0.138. The number of hydrogen-bond donors (Lipinski definition) is 3. The molecule has 11 heteroatoms. The standard InChI is InChI=1S/C36H47N7O4/c1-3-32(44)39-30(36(47)43-19-17-42(18-20-43)24-27-9-5-4-6-10-27)21-25-13-15-26(16-14-25)23-38-35(46)33(28-11-7-8-12-28)29-22-31(34(37)45)41(2)40-29/h4-6,9-10,13-16,22,28,30,33H,3,7-8,11-12,17-21,23-24H2,1-2H3,(H2,37,45)(H,38,46)(H,39,44)/t30-,33+/m1/s1. The maximum Gasteiger partial charge on any atom is 0.266 e. The summed E-state index contributed by atoms with van der Waals surface area (Å²) in [5, 5.41) is 10.5. The molecular weight excluding hydrogens is 594 g/mol. The van der Waals surface area contributed by atoms with Crippen LogP contribution >= 0.6 is 0 Å². The molecule has 3 aromatic rings. The summed E-state index contributed by atoms with van der Waals surface area (Å²) in [7, 11) is 1.66. The summed E-state index contributed by atoms with van der Waals surface area (Å²) < 4.78 is 1.44. The van der Waals surface area contributed by atoms with Crippen LogP contribution < -0.4 is 16.4 Å². The predicted molar refractivity (Wildman–Crippen MR) is 179 cm³/mol. The van der Waals surface area contributed by atoms with E-state index < -0.39 is 17.9 Å². The molecule has 47 heavy (non-hydrogen) atoms. The number of carbonyl (C=O) groups excluding carboxylic acids is 4. The fourth-order valence-corrected chi connectivity index (χ4v) is 6.77. The highest BCUT2D eigenvalue weighted by molar-refractivity contribution is 5.92. The number of aromatic nitrogens is 2. The molecule has 1 aliphatic carbocycles. The molecule has 2 aliphatic rings. The fourth-order valence-electron chi connectivity index (χ4n) is 6.77. The van der Waals surface area contributed by atoms with Gasteiger partial charge in [-0.25, -0.2) is 0 Å². The molecule has 1 saturated carbocycles. The molecule has 1 saturated heterocycles. The number of rotatable bonds is 13. The van der Waals surface area contributed by atoms with Crippen LogP contribution in [0.3, 0.4) is 0 Å². The Hall–Kier alpha value is -4.51. The second-order valence-corrected chi connectivity index (χ2v) is 12.8. The van der Waals surface area contributed by atoms with Crippen LogP contribution in [0.2, 0.25) is 0 Å². The van der Waals surface area contributed by atoms with Gasteiger partial charge in [0.25, 0.3) is 5.91 Å². The largest absolute Gasteiger partial charge is 0.364 e. The van der Waals surface area contributed by atoms with E-state index in [1.165, 1.54) is 10.2 Å². The van der Waals surface area contributed by atoms with Gasteiger partial charge in [0.15, 0.2) is 0 Å². The smallest absolute Gasteiger partial charge is 0.266 e. The zero-order chi connectivity index (χ0) is 33.3. The van der Waals surface area contributed by atoms with Gasteiger partial charge in [0, 0.05) is 59.2 Å². The van der Waals surface area contributed by atoms with Crippen molar-refractivity contribution in [1.82, 2.24) is 30.2 Å². The van der Waals surface area contributed by atoms with Crippen molar-refractivity contribution in [2.24, 2.45) is 18.7 Å². The minimum absolute atomic E-state index is 0.0607. The molecule has 0 bridgehead atoms. The maximum atomic E-state index is 13.6. The number of carbonyl (C=O) groups is 4. The second kappa shape index (κ2) is 15.9. The average Bonchev–Trinajstić information content (AvgIpc) is 3.75. The Kier molecular flexibility index (Phi) is 11.4. The summed E-state index contributed by atoms with van der Waals surface area (Å²) in [4.78, 5) is 55.6. The first-order valence-corrected chi connectivity index (χ1v) is 16.8. The molecule has 2 aromatic carbocycles. The Morgan fingerprint density at radius 2 is 1.57 bits per heavy atom. The molecule has 4 amide bonds. The highest BCUT2D eigenvalue weighted by atomic mass is 16.2.